The van der Waals surface area contributed by atoms with Gasteiger partial charge in [-0.25, -0.2) is 0 Å². The molecule has 0 saturated heterocycles. The molecule has 0 atom stereocenters. The zero-order chi connectivity index (χ0) is 13.1. The Hall–Kier alpha value is -1.56. The number of hydrogen-bond donors (Lipinski definition) is 0. The molecule has 0 unspecified atom stereocenters. The lowest BCUT2D eigenvalue weighted by molar-refractivity contribution is 0.730. The summed E-state index contributed by atoms with van der Waals surface area (Å²) in [6, 6.07) is 16.0. The van der Waals surface area contributed by atoms with Crippen LogP contribution in [0.5, 0.6) is 0 Å². The number of rotatable bonds is 5. The van der Waals surface area contributed by atoms with E-state index in [0.29, 0.717) is 0 Å². The molecule has 19 heavy (non-hydrogen) atoms. The Morgan fingerprint density at radius 1 is 0.737 bits per heavy atom. The van der Waals surface area contributed by atoms with Gasteiger partial charge in [0.15, 0.2) is 0 Å². The highest BCUT2D eigenvalue weighted by Gasteiger charge is 2.12. The van der Waals surface area contributed by atoms with Gasteiger partial charge in [-0.05, 0) is 67.7 Å². The van der Waals surface area contributed by atoms with E-state index in [0.717, 1.165) is 0 Å². The average Bonchev–Trinajstić information content (AvgIpc) is 2.39. The summed E-state index contributed by atoms with van der Waals surface area (Å²) in [7, 11) is 0. The largest absolute Gasteiger partial charge is 0.0591 e. The van der Waals surface area contributed by atoms with E-state index in [-0.39, 0.29) is 0 Å². The highest BCUT2D eigenvalue weighted by atomic mass is 14.2. The molecule has 0 heterocycles. The minimum atomic E-state index is 1.21. The van der Waals surface area contributed by atoms with E-state index in [2.05, 4.69) is 49.4 Å². The number of fused-ring (bicyclic) bond motifs is 1. The summed E-state index contributed by atoms with van der Waals surface area (Å²) < 4.78 is 0. The third-order valence-corrected chi connectivity index (χ3v) is 4.24. The van der Waals surface area contributed by atoms with Gasteiger partial charge >= 0.3 is 0 Å². The van der Waals surface area contributed by atoms with Gasteiger partial charge in [0, 0.05) is 0 Å². The number of benzene rings is 2. The Labute approximate surface area is 116 Å². The van der Waals surface area contributed by atoms with E-state index in [9.17, 15) is 0 Å². The van der Waals surface area contributed by atoms with Gasteiger partial charge in [-0.2, -0.15) is 0 Å². The van der Waals surface area contributed by atoms with Gasteiger partial charge in [-0.3, -0.25) is 0 Å². The van der Waals surface area contributed by atoms with Gasteiger partial charge in [-0.1, -0.05) is 48.0 Å². The van der Waals surface area contributed by atoms with Crippen LogP contribution in [0.4, 0.5) is 0 Å². The Kier molecular flexibility index (Phi) is 3.68. The molecule has 2 aromatic carbocycles. The van der Waals surface area contributed by atoms with Crippen LogP contribution in [0, 0.1) is 6.92 Å². The molecule has 0 amide bonds. The lowest BCUT2D eigenvalue weighted by Crippen LogP contribution is -2.08. The predicted octanol–water partition coefficient (Wildman–Crippen LogP) is 4.66. The van der Waals surface area contributed by atoms with Crippen LogP contribution in [0.2, 0.25) is 0 Å². The Balaban J connectivity index is 1.45. The second-order valence-electron chi connectivity index (χ2n) is 5.80. The first-order valence-electron chi connectivity index (χ1n) is 7.47. The summed E-state index contributed by atoms with van der Waals surface area (Å²) in [6.07, 6.45) is 7.63. The summed E-state index contributed by atoms with van der Waals surface area (Å²) in [5, 5.41) is 0. The molecule has 0 spiro atoms. The molecule has 2 aromatic rings. The van der Waals surface area contributed by atoms with Crippen molar-refractivity contribution in [3.05, 3.63) is 70.3 Å². The van der Waals surface area contributed by atoms with Crippen molar-refractivity contribution >= 4 is 0 Å². The van der Waals surface area contributed by atoms with Crippen molar-refractivity contribution in [1.82, 2.24) is 0 Å². The van der Waals surface area contributed by atoms with E-state index in [1.54, 1.807) is 11.1 Å². The molecule has 1 aliphatic carbocycles. The monoisotopic (exact) mass is 250 g/mol. The molecule has 0 bridgehead atoms. The lowest BCUT2D eigenvalue weighted by Gasteiger charge is -2.19. The van der Waals surface area contributed by atoms with Crippen LogP contribution in [0.3, 0.4) is 0 Å². The van der Waals surface area contributed by atoms with E-state index in [1.165, 1.54) is 55.2 Å². The zero-order valence-corrected chi connectivity index (χ0v) is 11.8. The first kappa shape index (κ1) is 12.5. The van der Waals surface area contributed by atoms with E-state index < -0.39 is 0 Å². The third-order valence-electron chi connectivity index (χ3n) is 4.24. The van der Waals surface area contributed by atoms with Gasteiger partial charge in [0.25, 0.3) is 0 Å². The summed E-state index contributed by atoms with van der Waals surface area (Å²) in [5.41, 5.74) is 7.52. The summed E-state index contributed by atoms with van der Waals surface area (Å²) in [5.74, 6) is 0. The SMILES string of the molecule is Cc1ccc(CCCCc2ccc3c(c2)CC3)cc1. The minimum absolute atomic E-state index is 1.21. The van der Waals surface area contributed by atoms with Crippen molar-refractivity contribution in [3.8, 4) is 0 Å². The molecular formula is C19H22. The topological polar surface area (TPSA) is 0 Å². The second kappa shape index (κ2) is 5.61. The molecule has 98 valence electrons. The van der Waals surface area contributed by atoms with E-state index >= 15 is 0 Å². The highest BCUT2D eigenvalue weighted by Crippen LogP contribution is 2.24. The normalized spacial score (nSPS) is 12.9. The lowest BCUT2D eigenvalue weighted by atomic mass is 9.86. The maximum absolute atomic E-state index is 2.42. The molecule has 0 saturated carbocycles. The molecule has 0 aromatic heterocycles. The summed E-state index contributed by atoms with van der Waals surface area (Å²) in [6.45, 7) is 2.15. The molecule has 0 heteroatoms. The van der Waals surface area contributed by atoms with Crippen LogP contribution in [0.1, 0.15) is 40.7 Å². The average molecular weight is 250 g/mol. The van der Waals surface area contributed by atoms with Crippen molar-refractivity contribution in [2.75, 3.05) is 0 Å². The number of unbranched alkanes of at least 4 members (excludes halogenated alkanes) is 1. The predicted molar refractivity (Wildman–Crippen MR) is 81.7 cm³/mol. The molecule has 0 radical (unpaired) electrons. The van der Waals surface area contributed by atoms with Gasteiger partial charge in [0.1, 0.15) is 0 Å². The minimum Gasteiger partial charge on any atom is -0.0591 e. The smallest absolute Gasteiger partial charge is 0.0235 e. The summed E-state index contributed by atoms with van der Waals surface area (Å²) >= 11 is 0. The van der Waals surface area contributed by atoms with Crippen molar-refractivity contribution in [2.24, 2.45) is 0 Å². The fourth-order valence-electron chi connectivity index (χ4n) is 2.82. The van der Waals surface area contributed by atoms with Gasteiger partial charge < -0.3 is 0 Å². The van der Waals surface area contributed by atoms with Crippen molar-refractivity contribution < 1.29 is 0 Å². The van der Waals surface area contributed by atoms with Crippen LogP contribution in [0.15, 0.2) is 42.5 Å². The molecule has 0 aliphatic heterocycles. The first-order chi connectivity index (χ1) is 9.31. The third kappa shape index (κ3) is 3.07. The van der Waals surface area contributed by atoms with Crippen LogP contribution >= 0.6 is 0 Å². The maximum Gasteiger partial charge on any atom is -0.0235 e. The number of aryl methyl sites for hydroxylation is 5. The Bertz CT molecular complexity index is 549. The van der Waals surface area contributed by atoms with Crippen molar-refractivity contribution in [3.63, 3.8) is 0 Å². The first-order valence-corrected chi connectivity index (χ1v) is 7.47. The van der Waals surface area contributed by atoms with Crippen LogP contribution < -0.4 is 0 Å². The highest BCUT2D eigenvalue weighted by molar-refractivity contribution is 5.38. The maximum atomic E-state index is 2.42. The summed E-state index contributed by atoms with van der Waals surface area (Å²) in [4.78, 5) is 0. The fourth-order valence-corrected chi connectivity index (χ4v) is 2.82. The van der Waals surface area contributed by atoms with Gasteiger partial charge in [-0.15, -0.1) is 0 Å². The van der Waals surface area contributed by atoms with Crippen molar-refractivity contribution in [1.29, 1.82) is 0 Å². The van der Waals surface area contributed by atoms with E-state index in [4.69, 9.17) is 0 Å². The molecular weight excluding hydrogens is 228 g/mol. The number of hydrogen-bond acceptors (Lipinski definition) is 0. The van der Waals surface area contributed by atoms with Crippen LogP contribution in [0.25, 0.3) is 0 Å². The zero-order valence-electron chi connectivity index (χ0n) is 11.8. The molecule has 0 fully saturated rings. The van der Waals surface area contributed by atoms with Crippen LogP contribution in [-0.4, -0.2) is 0 Å². The van der Waals surface area contributed by atoms with E-state index in [1.807, 2.05) is 0 Å². The fraction of sp³-hybridized carbons (Fsp3) is 0.368. The molecule has 0 nitrogen and oxygen atoms in total. The molecule has 0 N–H and O–H groups in total. The van der Waals surface area contributed by atoms with Gasteiger partial charge in [0.2, 0.25) is 0 Å². The molecule has 1 aliphatic rings. The standard InChI is InChI=1S/C19H22/c1-15-6-8-16(9-7-15)4-2-3-5-17-10-11-18-12-13-19(18)14-17/h6-11,14H,2-5,12-13H2,1H3. The molecule has 3 rings (SSSR count). The van der Waals surface area contributed by atoms with Crippen LogP contribution in [-0.2, 0) is 25.7 Å². The Morgan fingerprint density at radius 2 is 1.37 bits per heavy atom. The second-order valence-corrected chi connectivity index (χ2v) is 5.80. The van der Waals surface area contributed by atoms with Gasteiger partial charge in [0.05, 0.1) is 0 Å². The quantitative estimate of drug-likeness (QED) is 0.677. The van der Waals surface area contributed by atoms with Crippen molar-refractivity contribution in [2.45, 2.75) is 45.4 Å². The Morgan fingerprint density at radius 3 is 2.00 bits per heavy atom.